The van der Waals surface area contributed by atoms with Gasteiger partial charge in [0.15, 0.2) is 0 Å². The van der Waals surface area contributed by atoms with Crippen LogP contribution in [0.25, 0.3) is 0 Å². The molecule has 32 heavy (non-hydrogen) atoms. The van der Waals surface area contributed by atoms with E-state index in [1.54, 1.807) is 13.8 Å². The zero-order chi connectivity index (χ0) is 23.8. The Morgan fingerprint density at radius 3 is 2.72 bits per heavy atom. The summed E-state index contributed by atoms with van der Waals surface area (Å²) in [7, 11) is 0. The van der Waals surface area contributed by atoms with Gasteiger partial charge in [-0.2, -0.15) is 0 Å². The molecule has 2 N–H and O–H groups in total. The maximum absolute atomic E-state index is 12.7. The Morgan fingerprint density at radius 1 is 1.34 bits per heavy atom. The topological polar surface area (TPSA) is 119 Å². The average Bonchev–Trinajstić information content (AvgIpc) is 3.06. The third-order valence-electron chi connectivity index (χ3n) is 5.37. The lowest BCUT2D eigenvalue weighted by Gasteiger charge is -2.24. The Kier molecular flexibility index (Phi) is 9.93. The molecule has 178 valence electrons. The molecule has 0 amide bonds. The van der Waals surface area contributed by atoms with E-state index >= 15 is 0 Å². The number of carbonyl (C=O) groups is 3. The fourth-order valence-corrected chi connectivity index (χ4v) is 4.01. The monoisotopic (exact) mass is 470 g/mol. The third-order valence-corrected chi connectivity index (χ3v) is 5.71. The molecule has 2 bridgehead atoms. The van der Waals surface area contributed by atoms with Gasteiger partial charge in [0.05, 0.1) is 18.9 Å². The van der Waals surface area contributed by atoms with Crippen molar-refractivity contribution in [2.75, 3.05) is 0 Å². The highest BCUT2D eigenvalue weighted by molar-refractivity contribution is 6.29. The smallest absolute Gasteiger partial charge is 0.310 e. The Bertz CT molecular complexity index is 800. The van der Waals surface area contributed by atoms with Gasteiger partial charge in [-0.05, 0) is 38.7 Å². The molecule has 2 rings (SSSR count). The van der Waals surface area contributed by atoms with E-state index in [9.17, 15) is 19.5 Å². The van der Waals surface area contributed by atoms with Crippen molar-refractivity contribution in [2.45, 2.75) is 89.8 Å². The van der Waals surface area contributed by atoms with Crippen LogP contribution in [0, 0.1) is 0 Å². The number of halogens is 1. The number of aliphatic hydroxyl groups excluding tert-OH is 1. The summed E-state index contributed by atoms with van der Waals surface area (Å²) >= 11 is 6.32. The summed E-state index contributed by atoms with van der Waals surface area (Å²) in [4.78, 5) is 35.1. The molecular weight excluding hydrogens is 440 g/mol. The number of carbonyl (C=O) groups excluding carboxylic acids is 2. The van der Waals surface area contributed by atoms with E-state index in [0.717, 1.165) is 0 Å². The summed E-state index contributed by atoms with van der Waals surface area (Å²) in [6, 6.07) is 0. The molecule has 0 aromatic rings. The fraction of sp³-hybridized carbons (Fsp3) is 0.609. The van der Waals surface area contributed by atoms with Crippen molar-refractivity contribution in [3.63, 3.8) is 0 Å². The molecule has 2 aliphatic rings. The molecule has 0 spiro atoms. The number of ether oxygens (including phenoxy) is 3. The van der Waals surface area contributed by atoms with Gasteiger partial charge in [0.2, 0.25) is 0 Å². The van der Waals surface area contributed by atoms with E-state index in [1.165, 1.54) is 13.0 Å². The standard InChI is InChI=1S/C23H31ClO8/c1-13(10-21(27)28)9-18(26)23-20-11-17(31-23)8-7-16(24)6-4-5-14(2)19(30-15(3)25)12-22(29)32-20/h5-6,9,17-20,23,26H,4,7-8,10-12H2,1-3H3,(H,27,28)/b13-9+,14-5+,16-6-/t17-,18-,19-,20-,23?/m1/s1. The van der Waals surface area contributed by atoms with Gasteiger partial charge >= 0.3 is 17.9 Å². The van der Waals surface area contributed by atoms with Crippen LogP contribution >= 0.6 is 11.6 Å². The second kappa shape index (κ2) is 12.2. The highest BCUT2D eigenvalue weighted by Gasteiger charge is 2.41. The number of aliphatic hydroxyl groups is 1. The Balaban J connectivity index is 2.25. The van der Waals surface area contributed by atoms with Gasteiger partial charge in [-0.3, -0.25) is 14.4 Å². The van der Waals surface area contributed by atoms with Crippen molar-refractivity contribution in [1.29, 1.82) is 0 Å². The Morgan fingerprint density at radius 2 is 2.06 bits per heavy atom. The van der Waals surface area contributed by atoms with Gasteiger partial charge in [-0.25, -0.2) is 0 Å². The van der Waals surface area contributed by atoms with E-state index in [0.29, 0.717) is 41.9 Å². The number of rotatable bonds is 5. The lowest BCUT2D eigenvalue weighted by molar-refractivity contribution is -0.159. The first-order chi connectivity index (χ1) is 15.0. The van der Waals surface area contributed by atoms with Crippen LogP contribution in [0.15, 0.2) is 34.4 Å². The quantitative estimate of drug-likeness (QED) is 0.463. The van der Waals surface area contributed by atoms with E-state index in [-0.39, 0.29) is 18.9 Å². The fourth-order valence-electron chi connectivity index (χ4n) is 3.81. The van der Waals surface area contributed by atoms with Crippen LogP contribution in [-0.4, -0.2) is 58.6 Å². The highest BCUT2D eigenvalue weighted by Crippen LogP contribution is 2.31. The van der Waals surface area contributed by atoms with Crippen LogP contribution < -0.4 is 0 Å². The first-order valence-corrected chi connectivity index (χ1v) is 11.0. The molecule has 0 saturated carbocycles. The van der Waals surface area contributed by atoms with Gasteiger partial charge < -0.3 is 24.4 Å². The SMILES string of the molecule is CC(=O)O[C@@H]1CC(=O)O[C@@H]2C[C@@H](CC/C(Cl)=C/C/C=C/1C)OC2[C@H](O)/C=C(\C)CC(=O)O. The molecule has 1 unspecified atom stereocenters. The van der Waals surface area contributed by atoms with Crippen LogP contribution in [0.3, 0.4) is 0 Å². The molecule has 0 radical (unpaired) electrons. The van der Waals surface area contributed by atoms with Crippen molar-refractivity contribution >= 4 is 29.5 Å². The highest BCUT2D eigenvalue weighted by atomic mass is 35.5. The number of carboxylic acid groups (broad SMARTS) is 1. The molecule has 8 nitrogen and oxygen atoms in total. The molecule has 2 heterocycles. The molecule has 5 atom stereocenters. The van der Waals surface area contributed by atoms with Crippen LogP contribution in [0.5, 0.6) is 0 Å². The van der Waals surface area contributed by atoms with Gasteiger partial charge in [0.1, 0.15) is 24.4 Å². The molecule has 2 aliphatic heterocycles. The van der Waals surface area contributed by atoms with Gasteiger partial charge in [-0.15, -0.1) is 0 Å². The number of hydrogen-bond acceptors (Lipinski definition) is 7. The second-order valence-corrected chi connectivity index (χ2v) is 8.72. The zero-order valence-electron chi connectivity index (χ0n) is 18.6. The normalized spacial score (nSPS) is 31.9. The number of hydrogen-bond donors (Lipinski definition) is 2. The molecule has 1 saturated heterocycles. The first-order valence-electron chi connectivity index (χ1n) is 10.7. The van der Waals surface area contributed by atoms with E-state index < -0.39 is 42.3 Å². The maximum Gasteiger partial charge on any atom is 0.310 e. The van der Waals surface area contributed by atoms with E-state index in [4.69, 9.17) is 30.9 Å². The molecule has 1 fully saturated rings. The van der Waals surface area contributed by atoms with Crippen molar-refractivity contribution in [3.8, 4) is 0 Å². The number of fused-ring (bicyclic) bond motifs is 2. The summed E-state index contributed by atoms with van der Waals surface area (Å²) in [5, 5.41) is 20.3. The molecule has 0 aromatic heterocycles. The second-order valence-electron chi connectivity index (χ2n) is 8.24. The first kappa shape index (κ1) is 26.1. The Labute approximate surface area is 192 Å². The summed E-state index contributed by atoms with van der Waals surface area (Å²) in [6.45, 7) is 4.64. The number of esters is 2. The molecule has 0 aromatic carbocycles. The van der Waals surface area contributed by atoms with Crippen molar-refractivity contribution < 1.29 is 38.8 Å². The summed E-state index contributed by atoms with van der Waals surface area (Å²) in [5.41, 5.74) is 1.17. The van der Waals surface area contributed by atoms with Crippen molar-refractivity contribution in [3.05, 3.63) is 34.4 Å². The third kappa shape index (κ3) is 8.41. The molecular formula is C23H31ClO8. The Hall–Kier alpha value is -2.16. The minimum Gasteiger partial charge on any atom is -0.481 e. The number of aliphatic carboxylic acids is 1. The number of carboxylic acids is 1. The van der Waals surface area contributed by atoms with Crippen molar-refractivity contribution in [2.24, 2.45) is 0 Å². The minimum absolute atomic E-state index is 0.169. The number of allylic oxidation sites excluding steroid dienone is 3. The maximum atomic E-state index is 12.7. The van der Waals surface area contributed by atoms with Crippen molar-refractivity contribution in [1.82, 2.24) is 0 Å². The lowest BCUT2D eigenvalue weighted by atomic mass is 10.0. The lowest BCUT2D eigenvalue weighted by Crippen LogP contribution is -2.37. The largest absolute Gasteiger partial charge is 0.481 e. The van der Waals surface area contributed by atoms with Crippen LogP contribution in [-0.2, 0) is 28.6 Å². The van der Waals surface area contributed by atoms with Gasteiger partial charge in [0.25, 0.3) is 0 Å². The van der Waals surface area contributed by atoms with Gasteiger partial charge in [-0.1, -0.05) is 35.4 Å². The van der Waals surface area contributed by atoms with Crippen LogP contribution in [0.2, 0.25) is 0 Å². The van der Waals surface area contributed by atoms with E-state index in [1.807, 2.05) is 12.2 Å². The molecule has 9 heteroatoms. The van der Waals surface area contributed by atoms with Crippen LogP contribution in [0.4, 0.5) is 0 Å². The minimum atomic E-state index is -1.15. The summed E-state index contributed by atoms with van der Waals surface area (Å²) in [5.74, 6) is -2.10. The van der Waals surface area contributed by atoms with Crippen LogP contribution in [0.1, 0.15) is 59.3 Å². The zero-order valence-corrected chi connectivity index (χ0v) is 19.3. The predicted octanol–water partition coefficient (Wildman–Crippen LogP) is 3.41. The predicted molar refractivity (Wildman–Crippen MR) is 117 cm³/mol. The van der Waals surface area contributed by atoms with E-state index in [2.05, 4.69) is 0 Å². The van der Waals surface area contributed by atoms with Gasteiger partial charge in [0, 0.05) is 18.4 Å². The summed E-state index contributed by atoms with van der Waals surface area (Å²) in [6.07, 6.45) is 3.01. The molecule has 0 aliphatic carbocycles. The summed E-state index contributed by atoms with van der Waals surface area (Å²) < 4.78 is 16.9. The average molecular weight is 471 g/mol.